The molecule has 0 N–H and O–H groups in total. The third-order valence-corrected chi connectivity index (χ3v) is 5.46. The standard InChI is InChI=1S/C20H19ClN2O3S/c1-4-23-18-15(25-2)10-11-16(26-3)19(18)27-20(23)22-17(24)12-9-13-7-5-6-8-14(13)21/h5-12H,4H2,1-3H3. The molecule has 5 nitrogen and oxygen atoms in total. The Labute approximate surface area is 166 Å². The first-order chi connectivity index (χ1) is 13.1. The van der Waals surface area contributed by atoms with Crippen molar-refractivity contribution >= 4 is 45.1 Å². The molecular formula is C20H19ClN2O3S. The Morgan fingerprint density at radius 3 is 2.56 bits per heavy atom. The SMILES string of the molecule is CCn1c(=NC(=O)C=Cc2ccccc2Cl)sc2c(OC)ccc(OC)c21. The quantitative estimate of drug-likeness (QED) is 0.589. The van der Waals surface area contributed by atoms with Crippen molar-refractivity contribution in [1.82, 2.24) is 4.57 Å². The van der Waals surface area contributed by atoms with Gasteiger partial charge in [0.25, 0.3) is 5.91 Å². The number of ether oxygens (including phenoxy) is 2. The minimum atomic E-state index is -0.360. The molecule has 0 spiro atoms. The van der Waals surface area contributed by atoms with Gasteiger partial charge in [-0.15, -0.1) is 0 Å². The molecule has 27 heavy (non-hydrogen) atoms. The van der Waals surface area contributed by atoms with E-state index in [9.17, 15) is 4.79 Å². The monoisotopic (exact) mass is 402 g/mol. The zero-order valence-corrected chi connectivity index (χ0v) is 16.8. The number of rotatable bonds is 5. The molecule has 0 unspecified atom stereocenters. The number of nitrogens with zero attached hydrogens (tertiary/aromatic N) is 2. The summed E-state index contributed by atoms with van der Waals surface area (Å²) in [5, 5.41) is 0.585. The second-order valence-electron chi connectivity index (χ2n) is 5.58. The Bertz CT molecular complexity index is 1080. The van der Waals surface area contributed by atoms with Crippen molar-refractivity contribution in [3.8, 4) is 11.5 Å². The van der Waals surface area contributed by atoms with Gasteiger partial charge in [-0.05, 0) is 36.8 Å². The Morgan fingerprint density at radius 2 is 1.89 bits per heavy atom. The lowest BCUT2D eigenvalue weighted by atomic mass is 10.2. The average molecular weight is 403 g/mol. The van der Waals surface area contributed by atoms with Crippen LogP contribution in [0.25, 0.3) is 16.3 Å². The highest BCUT2D eigenvalue weighted by Gasteiger charge is 2.15. The fraction of sp³-hybridized carbons (Fsp3) is 0.200. The summed E-state index contributed by atoms with van der Waals surface area (Å²) >= 11 is 7.51. The Morgan fingerprint density at radius 1 is 1.19 bits per heavy atom. The molecule has 0 radical (unpaired) electrons. The summed E-state index contributed by atoms with van der Waals surface area (Å²) in [7, 11) is 3.23. The number of hydrogen-bond acceptors (Lipinski definition) is 4. The van der Waals surface area contributed by atoms with E-state index in [1.807, 2.05) is 41.8 Å². The van der Waals surface area contributed by atoms with Crippen LogP contribution in [0.1, 0.15) is 12.5 Å². The summed E-state index contributed by atoms with van der Waals surface area (Å²) in [6.45, 7) is 2.64. The van der Waals surface area contributed by atoms with Gasteiger partial charge in [0.15, 0.2) is 4.80 Å². The molecule has 0 atom stereocenters. The topological polar surface area (TPSA) is 52.8 Å². The maximum absolute atomic E-state index is 12.4. The second kappa shape index (κ2) is 8.41. The average Bonchev–Trinajstić information content (AvgIpc) is 3.04. The van der Waals surface area contributed by atoms with Gasteiger partial charge in [0.2, 0.25) is 0 Å². The molecule has 7 heteroatoms. The van der Waals surface area contributed by atoms with Gasteiger partial charge in [-0.25, -0.2) is 0 Å². The maximum Gasteiger partial charge on any atom is 0.272 e. The number of methoxy groups -OCH3 is 2. The number of hydrogen-bond donors (Lipinski definition) is 0. The van der Waals surface area contributed by atoms with Crippen LogP contribution in [0.4, 0.5) is 0 Å². The number of amides is 1. The summed E-state index contributed by atoms with van der Waals surface area (Å²) in [4.78, 5) is 17.2. The van der Waals surface area contributed by atoms with Crippen molar-refractivity contribution < 1.29 is 14.3 Å². The highest BCUT2D eigenvalue weighted by Crippen LogP contribution is 2.35. The van der Waals surface area contributed by atoms with E-state index in [4.69, 9.17) is 21.1 Å². The molecule has 1 heterocycles. The molecule has 0 aliphatic heterocycles. The third kappa shape index (κ3) is 3.91. The second-order valence-corrected chi connectivity index (χ2v) is 6.97. The highest BCUT2D eigenvalue weighted by molar-refractivity contribution is 7.16. The zero-order valence-electron chi connectivity index (χ0n) is 15.2. The van der Waals surface area contributed by atoms with Gasteiger partial charge >= 0.3 is 0 Å². The molecule has 0 saturated heterocycles. The largest absolute Gasteiger partial charge is 0.495 e. The van der Waals surface area contributed by atoms with E-state index in [0.717, 1.165) is 21.5 Å². The van der Waals surface area contributed by atoms with E-state index in [2.05, 4.69) is 4.99 Å². The Kier molecular flexibility index (Phi) is 5.98. The fourth-order valence-electron chi connectivity index (χ4n) is 2.74. The van der Waals surface area contributed by atoms with Crippen molar-refractivity contribution in [3.63, 3.8) is 0 Å². The molecule has 0 fully saturated rings. The van der Waals surface area contributed by atoms with Gasteiger partial charge in [-0.3, -0.25) is 4.79 Å². The van der Waals surface area contributed by atoms with E-state index < -0.39 is 0 Å². The van der Waals surface area contributed by atoms with Crippen LogP contribution < -0.4 is 14.3 Å². The van der Waals surface area contributed by atoms with Crippen LogP contribution in [0, 0.1) is 0 Å². The van der Waals surface area contributed by atoms with Crippen LogP contribution in [-0.4, -0.2) is 24.7 Å². The van der Waals surface area contributed by atoms with Gasteiger partial charge in [0, 0.05) is 17.6 Å². The first-order valence-electron chi connectivity index (χ1n) is 8.34. The van der Waals surface area contributed by atoms with Gasteiger partial charge in [-0.2, -0.15) is 4.99 Å². The van der Waals surface area contributed by atoms with Crippen molar-refractivity contribution in [3.05, 3.63) is 57.9 Å². The minimum Gasteiger partial charge on any atom is -0.495 e. The normalized spacial score (nSPS) is 12.1. The molecule has 1 amide bonds. The summed E-state index contributed by atoms with van der Waals surface area (Å²) in [6, 6.07) is 11.0. The predicted octanol–water partition coefficient (Wildman–Crippen LogP) is 4.53. The zero-order chi connectivity index (χ0) is 19.4. The molecular weight excluding hydrogens is 384 g/mol. The van der Waals surface area contributed by atoms with Crippen LogP contribution in [0.3, 0.4) is 0 Å². The number of benzene rings is 2. The maximum atomic E-state index is 12.4. The molecule has 1 aromatic heterocycles. The number of aryl methyl sites for hydroxylation is 1. The van der Waals surface area contributed by atoms with Crippen LogP contribution in [-0.2, 0) is 11.3 Å². The number of aromatic nitrogens is 1. The number of thiazole rings is 1. The van der Waals surface area contributed by atoms with E-state index in [-0.39, 0.29) is 5.91 Å². The number of halogens is 1. The molecule has 0 bridgehead atoms. The Balaban J connectivity index is 2.08. The van der Waals surface area contributed by atoms with E-state index in [1.165, 1.54) is 17.4 Å². The fourth-order valence-corrected chi connectivity index (χ4v) is 4.14. The first kappa shape index (κ1) is 19.2. The van der Waals surface area contributed by atoms with E-state index >= 15 is 0 Å². The Hall–Kier alpha value is -2.57. The van der Waals surface area contributed by atoms with Crippen LogP contribution >= 0.6 is 22.9 Å². The molecule has 3 rings (SSSR count). The lowest BCUT2D eigenvalue weighted by Gasteiger charge is -2.08. The van der Waals surface area contributed by atoms with E-state index in [1.54, 1.807) is 26.4 Å². The van der Waals surface area contributed by atoms with Gasteiger partial charge < -0.3 is 14.0 Å². The van der Waals surface area contributed by atoms with Crippen molar-refractivity contribution in [1.29, 1.82) is 0 Å². The van der Waals surface area contributed by atoms with E-state index in [0.29, 0.717) is 22.1 Å². The number of carbonyl (C=O) groups excluding carboxylic acids is 1. The van der Waals surface area contributed by atoms with Gasteiger partial charge in [0.1, 0.15) is 21.7 Å². The summed E-state index contributed by atoms with van der Waals surface area (Å²) in [5.41, 5.74) is 1.64. The van der Waals surface area contributed by atoms with Crippen molar-refractivity contribution in [2.45, 2.75) is 13.5 Å². The molecule has 0 saturated carbocycles. The van der Waals surface area contributed by atoms with Crippen LogP contribution in [0.15, 0.2) is 47.5 Å². The van der Waals surface area contributed by atoms with Gasteiger partial charge in [0.05, 0.1) is 14.2 Å². The van der Waals surface area contributed by atoms with Crippen LogP contribution in [0.2, 0.25) is 5.02 Å². The molecule has 2 aromatic carbocycles. The van der Waals surface area contributed by atoms with Crippen molar-refractivity contribution in [2.75, 3.05) is 14.2 Å². The number of fused-ring (bicyclic) bond motifs is 1. The highest BCUT2D eigenvalue weighted by atomic mass is 35.5. The summed E-state index contributed by atoms with van der Waals surface area (Å²) in [6.07, 6.45) is 3.08. The summed E-state index contributed by atoms with van der Waals surface area (Å²) in [5.74, 6) is 1.07. The molecule has 0 aliphatic rings. The smallest absolute Gasteiger partial charge is 0.272 e. The lowest BCUT2D eigenvalue weighted by Crippen LogP contribution is -2.15. The van der Waals surface area contributed by atoms with Crippen molar-refractivity contribution in [2.24, 2.45) is 4.99 Å². The van der Waals surface area contributed by atoms with Gasteiger partial charge in [-0.1, -0.05) is 41.1 Å². The third-order valence-electron chi connectivity index (χ3n) is 4.03. The lowest BCUT2D eigenvalue weighted by molar-refractivity contribution is -0.113. The molecule has 3 aromatic rings. The molecule has 0 aliphatic carbocycles. The first-order valence-corrected chi connectivity index (χ1v) is 9.54. The molecule has 140 valence electrons. The van der Waals surface area contributed by atoms with Crippen LogP contribution in [0.5, 0.6) is 11.5 Å². The summed E-state index contributed by atoms with van der Waals surface area (Å²) < 4.78 is 13.8. The predicted molar refractivity (Wildman–Crippen MR) is 110 cm³/mol. The number of carbonyl (C=O) groups is 1. The minimum absolute atomic E-state index is 0.360.